The molecule has 2 heterocycles. The Hall–Kier alpha value is -3.27. The Bertz CT molecular complexity index is 1310. The van der Waals surface area contributed by atoms with Gasteiger partial charge in [-0.15, -0.1) is 0 Å². The molecule has 1 aliphatic heterocycles. The number of carbonyl (C=O) groups is 3. The van der Waals surface area contributed by atoms with Crippen molar-refractivity contribution in [3.05, 3.63) is 47.5 Å². The molecule has 4 N–H and O–H groups in total. The number of carbonyl (C=O) groups excluding carboxylic acids is 3. The summed E-state index contributed by atoms with van der Waals surface area (Å²) in [5.41, 5.74) is 6.98. The molecular formula is C35H51FN6O3. The minimum atomic E-state index is -0.821. The van der Waals surface area contributed by atoms with Crippen molar-refractivity contribution in [2.24, 2.45) is 23.5 Å². The monoisotopic (exact) mass is 622 g/mol. The van der Waals surface area contributed by atoms with E-state index in [0.29, 0.717) is 36.2 Å². The lowest BCUT2D eigenvalue weighted by molar-refractivity contribution is -0.131. The first-order valence-electron chi connectivity index (χ1n) is 17.1. The first-order valence-corrected chi connectivity index (χ1v) is 17.1. The molecule has 3 atom stereocenters. The van der Waals surface area contributed by atoms with Crippen molar-refractivity contribution in [2.75, 3.05) is 18.4 Å². The molecule has 3 unspecified atom stereocenters. The van der Waals surface area contributed by atoms with Gasteiger partial charge in [0.1, 0.15) is 17.6 Å². The molecule has 3 fully saturated rings. The summed E-state index contributed by atoms with van der Waals surface area (Å²) < 4.78 is 17.3. The Balaban J connectivity index is 1.41. The van der Waals surface area contributed by atoms with Crippen LogP contribution in [0.25, 0.3) is 0 Å². The summed E-state index contributed by atoms with van der Waals surface area (Å²) in [5.74, 6) is -1.38. The maximum atomic E-state index is 15.6. The number of amides is 3. The van der Waals surface area contributed by atoms with Crippen molar-refractivity contribution in [1.29, 1.82) is 0 Å². The van der Waals surface area contributed by atoms with Gasteiger partial charge in [0.2, 0.25) is 11.8 Å². The summed E-state index contributed by atoms with van der Waals surface area (Å²) >= 11 is 0. The number of rotatable bonds is 10. The zero-order chi connectivity index (χ0) is 32.1. The average molecular weight is 623 g/mol. The van der Waals surface area contributed by atoms with Gasteiger partial charge in [-0.05, 0) is 68.7 Å². The third-order valence-electron chi connectivity index (χ3n) is 10.4. The zero-order valence-electron chi connectivity index (χ0n) is 27.1. The van der Waals surface area contributed by atoms with E-state index in [2.05, 4.69) is 15.7 Å². The maximum absolute atomic E-state index is 15.6. The lowest BCUT2D eigenvalue weighted by Crippen LogP contribution is -2.53. The van der Waals surface area contributed by atoms with Crippen molar-refractivity contribution in [3.63, 3.8) is 0 Å². The van der Waals surface area contributed by atoms with Crippen LogP contribution in [0.4, 0.5) is 10.1 Å². The van der Waals surface area contributed by atoms with Crippen molar-refractivity contribution >= 4 is 23.4 Å². The fourth-order valence-electron chi connectivity index (χ4n) is 7.94. The lowest BCUT2D eigenvalue weighted by atomic mass is 9.66. The summed E-state index contributed by atoms with van der Waals surface area (Å²) in [6.45, 7) is 6.80. The van der Waals surface area contributed by atoms with Crippen LogP contribution >= 0.6 is 0 Å². The number of hydrogen-bond donors (Lipinski definition) is 3. The van der Waals surface area contributed by atoms with Crippen LogP contribution in [-0.4, -0.2) is 57.6 Å². The molecule has 2 aliphatic carbocycles. The number of benzene rings is 1. The Morgan fingerprint density at radius 3 is 2.13 bits per heavy atom. The highest BCUT2D eigenvalue weighted by molar-refractivity contribution is 6.01. The smallest absolute Gasteiger partial charge is 0.270 e. The first kappa shape index (κ1) is 33.1. The molecule has 5 rings (SSSR count). The summed E-state index contributed by atoms with van der Waals surface area (Å²) in [6, 6.07) is 5.38. The van der Waals surface area contributed by atoms with Gasteiger partial charge in [0.15, 0.2) is 0 Å². The highest BCUT2D eigenvalue weighted by Gasteiger charge is 2.41. The first-order chi connectivity index (χ1) is 21.6. The van der Waals surface area contributed by atoms with Gasteiger partial charge in [-0.1, -0.05) is 70.3 Å². The second kappa shape index (κ2) is 14.9. The van der Waals surface area contributed by atoms with Gasteiger partial charge < -0.3 is 21.3 Å². The number of aromatic nitrogens is 2. The minimum Gasteiger partial charge on any atom is -0.341 e. The van der Waals surface area contributed by atoms with E-state index in [1.54, 1.807) is 34.8 Å². The minimum absolute atomic E-state index is 0.0235. The molecule has 246 valence electrons. The van der Waals surface area contributed by atoms with Crippen LogP contribution in [0.5, 0.6) is 0 Å². The summed E-state index contributed by atoms with van der Waals surface area (Å²) in [5, 5.41) is 10.3. The lowest BCUT2D eigenvalue weighted by Gasteiger charge is -2.42. The number of nitrogens with two attached hydrogens (primary N) is 1. The number of hydrogen-bond acceptors (Lipinski definition) is 5. The molecule has 1 aromatic heterocycles. The number of likely N-dealkylation sites (tertiary alicyclic amines) is 1. The molecule has 2 saturated carbocycles. The third kappa shape index (κ3) is 7.76. The maximum Gasteiger partial charge on any atom is 0.270 e. The molecule has 3 amide bonds. The number of anilines is 1. The van der Waals surface area contributed by atoms with Crippen molar-refractivity contribution in [3.8, 4) is 0 Å². The molecule has 1 aromatic carbocycles. The van der Waals surface area contributed by atoms with E-state index < -0.39 is 23.7 Å². The Kier molecular flexibility index (Phi) is 10.9. The zero-order valence-corrected chi connectivity index (χ0v) is 27.1. The molecule has 1 saturated heterocycles. The number of nitrogens with one attached hydrogen (secondary N) is 2. The van der Waals surface area contributed by atoms with Crippen molar-refractivity contribution in [2.45, 2.75) is 115 Å². The quantitative estimate of drug-likeness (QED) is 0.310. The van der Waals surface area contributed by atoms with Crippen LogP contribution in [0.2, 0.25) is 0 Å². The van der Waals surface area contributed by atoms with E-state index in [0.717, 1.165) is 57.8 Å². The van der Waals surface area contributed by atoms with E-state index >= 15 is 4.39 Å². The Morgan fingerprint density at radius 1 is 0.933 bits per heavy atom. The van der Waals surface area contributed by atoms with Gasteiger partial charge in [-0.2, -0.15) is 5.10 Å². The van der Waals surface area contributed by atoms with Gasteiger partial charge in [0.05, 0.1) is 11.6 Å². The normalized spacial score (nSPS) is 21.2. The molecule has 0 radical (unpaired) electrons. The fraction of sp³-hybridized carbons (Fsp3) is 0.657. The van der Waals surface area contributed by atoms with Crippen LogP contribution in [0.3, 0.4) is 0 Å². The predicted octanol–water partition coefficient (Wildman–Crippen LogP) is 5.78. The molecule has 2 aromatic rings. The largest absolute Gasteiger partial charge is 0.341 e. The van der Waals surface area contributed by atoms with Gasteiger partial charge in [-0.3, -0.25) is 19.1 Å². The standard InChI is InChI=1S/C35H51FN6O3/c1-22(2)42-30(16-18-38-42)33(43)40-32(31(24-10-6-4-7-11-24)25-12-8-5-9-13-25)34(44)39-29-15-14-26(20-28(29)36)23(3)35(45)41-19-17-27(37)21-41/h14-16,18,20,22-25,27,31-32H,4-13,17,19,21,37H2,1-3H3,(H,39,44)(H,40,43). The highest BCUT2D eigenvalue weighted by atomic mass is 19.1. The molecule has 0 bridgehead atoms. The topological polar surface area (TPSA) is 122 Å². The second-order valence-electron chi connectivity index (χ2n) is 13.9. The van der Waals surface area contributed by atoms with Crippen LogP contribution in [0.1, 0.15) is 119 Å². The van der Waals surface area contributed by atoms with Crippen molar-refractivity contribution < 1.29 is 18.8 Å². The van der Waals surface area contributed by atoms with Crippen LogP contribution < -0.4 is 16.4 Å². The Labute approximate surface area is 266 Å². The molecule has 45 heavy (non-hydrogen) atoms. The van der Waals surface area contributed by atoms with Gasteiger partial charge in [0, 0.05) is 31.4 Å². The molecule has 0 spiro atoms. The summed E-state index contributed by atoms with van der Waals surface area (Å²) in [6.07, 6.45) is 13.3. The summed E-state index contributed by atoms with van der Waals surface area (Å²) in [7, 11) is 0. The van der Waals surface area contributed by atoms with E-state index in [1.807, 2.05) is 13.8 Å². The van der Waals surface area contributed by atoms with Crippen molar-refractivity contribution in [1.82, 2.24) is 20.0 Å². The van der Waals surface area contributed by atoms with Gasteiger partial charge in [0.25, 0.3) is 5.91 Å². The molecule has 10 heteroatoms. The van der Waals surface area contributed by atoms with E-state index in [9.17, 15) is 14.4 Å². The molecular weight excluding hydrogens is 571 g/mol. The van der Waals surface area contributed by atoms with Gasteiger partial charge >= 0.3 is 0 Å². The predicted molar refractivity (Wildman–Crippen MR) is 173 cm³/mol. The average Bonchev–Trinajstić information content (AvgIpc) is 3.72. The van der Waals surface area contributed by atoms with E-state index in [1.165, 1.54) is 25.0 Å². The Morgan fingerprint density at radius 2 is 1.58 bits per heavy atom. The van der Waals surface area contributed by atoms with Gasteiger partial charge in [-0.25, -0.2) is 4.39 Å². The highest BCUT2D eigenvalue weighted by Crippen LogP contribution is 2.42. The molecule has 3 aliphatic rings. The number of halogens is 1. The molecule has 9 nitrogen and oxygen atoms in total. The van der Waals surface area contributed by atoms with Crippen LogP contribution in [-0.2, 0) is 9.59 Å². The van der Waals surface area contributed by atoms with Crippen LogP contribution in [0.15, 0.2) is 30.5 Å². The third-order valence-corrected chi connectivity index (χ3v) is 10.4. The fourth-order valence-corrected chi connectivity index (χ4v) is 7.94. The SMILES string of the molecule is CC(C(=O)N1CCC(N)C1)c1ccc(NC(=O)C(NC(=O)c2ccnn2C(C)C)C(C2CCCCC2)C2CCCCC2)c(F)c1. The summed E-state index contributed by atoms with van der Waals surface area (Å²) in [4.78, 5) is 42.8. The van der Waals surface area contributed by atoms with E-state index in [4.69, 9.17) is 5.73 Å². The second-order valence-corrected chi connectivity index (χ2v) is 13.9. The number of nitrogens with zero attached hydrogens (tertiary/aromatic N) is 3. The van der Waals surface area contributed by atoms with Crippen LogP contribution in [0, 0.1) is 23.6 Å². The van der Waals surface area contributed by atoms with E-state index in [-0.39, 0.29) is 35.5 Å².